The number of likely N-dealkylation sites (N-methyl/N-ethyl adjacent to an activating group) is 1. The highest BCUT2D eigenvalue weighted by Crippen LogP contribution is 2.26. The van der Waals surface area contributed by atoms with Gasteiger partial charge in [-0.25, -0.2) is 4.79 Å². The first-order valence-corrected chi connectivity index (χ1v) is 6.61. The first-order valence-electron chi connectivity index (χ1n) is 6.61. The third-order valence-corrected chi connectivity index (χ3v) is 3.79. The molecule has 0 radical (unpaired) electrons. The van der Waals surface area contributed by atoms with E-state index in [1.54, 1.807) is 14.0 Å². The summed E-state index contributed by atoms with van der Waals surface area (Å²) in [5.41, 5.74) is 1.95. The summed E-state index contributed by atoms with van der Waals surface area (Å²) in [5.74, 6) is 0.488. The Bertz CT molecular complexity index is 472. The van der Waals surface area contributed by atoms with Gasteiger partial charge in [0.25, 0.3) is 0 Å². The molecule has 0 saturated carbocycles. The van der Waals surface area contributed by atoms with Crippen molar-refractivity contribution in [1.29, 1.82) is 0 Å². The average molecular weight is 263 g/mol. The number of nitrogens with one attached hydrogen (secondary N) is 1. The summed E-state index contributed by atoms with van der Waals surface area (Å²) in [6.45, 7) is 2.02. The van der Waals surface area contributed by atoms with E-state index in [4.69, 9.17) is 9.47 Å². The van der Waals surface area contributed by atoms with E-state index in [0.717, 1.165) is 18.6 Å². The highest BCUT2D eigenvalue weighted by Gasteiger charge is 2.33. The predicted molar refractivity (Wildman–Crippen MR) is 73.4 cm³/mol. The van der Waals surface area contributed by atoms with Gasteiger partial charge in [-0.15, -0.1) is 0 Å². The predicted octanol–water partition coefficient (Wildman–Crippen LogP) is 1.71. The number of ether oxygens (including phenoxy) is 2. The second kappa shape index (κ2) is 5.61. The minimum atomic E-state index is -0.826. The lowest BCUT2D eigenvalue weighted by Gasteiger charge is -2.26. The van der Waals surface area contributed by atoms with Crippen molar-refractivity contribution in [2.75, 3.05) is 20.8 Å². The molecule has 0 aliphatic heterocycles. The average Bonchev–Trinajstić information content (AvgIpc) is 2.91. The van der Waals surface area contributed by atoms with Gasteiger partial charge in [-0.2, -0.15) is 0 Å². The van der Waals surface area contributed by atoms with Gasteiger partial charge in [0.2, 0.25) is 0 Å². The summed E-state index contributed by atoms with van der Waals surface area (Å²) >= 11 is 0. The molecule has 104 valence electrons. The summed E-state index contributed by atoms with van der Waals surface area (Å²) in [6.07, 6.45) is 3.49. The fraction of sp³-hybridized carbons (Fsp3) is 0.533. The molecule has 1 aromatic rings. The van der Waals surface area contributed by atoms with E-state index in [1.165, 1.54) is 24.7 Å². The zero-order valence-corrected chi connectivity index (χ0v) is 11.8. The highest BCUT2D eigenvalue weighted by molar-refractivity contribution is 5.80. The second-order valence-electron chi connectivity index (χ2n) is 5.15. The molecule has 0 saturated heterocycles. The highest BCUT2D eigenvalue weighted by atomic mass is 16.5. The number of aryl methyl sites for hydroxylation is 2. The van der Waals surface area contributed by atoms with E-state index in [-0.39, 0.29) is 12.6 Å². The van der Waals surface area contributed by atoms with Crippen LogP contribution in [0.3, 0.4) is 0 Å². The largest absolute Gasteiger partial charge is 0.491 e. The van der Waals surface area contributed by atoms with E-state index in [0.29, 0.717) is 0 Å². The molecule has 0 amide bonds. The Morgan fingerprint density at radius 3 is 2.79 bits per heavy atom. The van der Waals surface area contributed by atoms with Crippen molar-refractivity contribution < 1.29 is 14.3 Å². The van der Waals surface area contributed by atoms with Crippen LogP contribution in [-0.2, 0) is 22.4 Å². The third-order valence-electron chi connectivity index (χ3n) is 3.79. The van der Waals surface area contributed by atoms with Crippen molar-refractivity contribution in [3.8, 4) is 5.75 Å². The third kappa shape index (κ3) is 2.89. The number of fused-ring (bicyclic) bond motifs is 1. The molecular formula is C15H21NO3. The van der Waals surface area contributed by atoms with Gasteiger partial charge in [-0.3, -0.25) is 0 Å². The molecule has 1 atom stereocenters. The second-order valence-corrected chi connectivity index (χ2v) is 5.15. The lowest BCUT2D eigenvalue weighted by Crippen LogP contribution is -2.52. The van der Waals surface area contributed by atoms with E-state index >= 15 is 0 Å². The maximum Gasteiger partial charge on any atom is 0.329 e. The smallest absolute Gasteiger partial charge is 0.329 e. The minimum absolute atomic E-state index is 0.245. The molecule has 0 spiro atoms. The van der Waals surface area contributed by atoms with Crippen LogP contribution in [0.5, 0.6) is 5.75 Å². The zero-order chi connectivity index (χ0) is 13.9. The molecule has 1 aromatic carbocycles. The van der Waals surface area contributed by atoms with E-state index in [2.05, 4.69) is 17.4 Å². The number of carbonyl (C=O) groups excluding carboxylic acids is 1. The van der Waals surface area contributed by atoms with E-state index in [1.807, 2.05) is 6.07 Å². The number of hydrogen-bond acceptors (Lipinski definition) is 4. The van der Waals surface area contributed by atoms with Gasteiger partial charge in [0, 0.05) is 0 Å². The number of carbonyl (C=O) groups is 1. The van der Waals surface area contributed by atoms with Crippen LogP contribution in [0.2, 0.25) is 0 Å². The van der Waals surface area contributed by atoms with Gasteiger partial charge >= 0.3 is 5.97 Å². The summed E-state index contributed by atoms with van der Waals surface area (Å²) in [5, 5.41) is 2.95. The van der Waals surface area contributed by atoms with Crippen molar-refractivity contribution in [1.82, 2.24) is 5.32 Å². The lowest BCUT2D eigenvalue weighted by molar-refractivity contribution is -0.148. The van der Waals surface area contributed by atoms with Crippen LogP contribution in [0.15, 0.2) is 18.2 Å². The maximum absolute atomic E-state index is 11.7. The van der Waals surface area contributed by atoms with Gasteiger partial charge in [0.1, 0.15) is 17.9 Å². The molecule has 1 N–H and O–H groups in total. The Kier molecular flexibility index (Phi) is 4.10. The zero-order valence-electron chi connectivity index (χ0n) is 11.8. The summed E-state index contributed by atoms with van der Waals surface area (Å²) in [7, 11) is 3.11. The van der Waals surface area contributed by atoms with Gasteiger partial charge in [-0.05, 0) is 56.5 Å². The summed E-state index contributed by atoms with van der Waals surface area (Å²) in [6, 6.07) is 6.17. The molecule has 4 nitrogen and oxygen atoms in total. The van der Waals surface area contributed by atoms with Crippen LogP contribution in [-0.4, -0.2) is 32.3 Å². The van der Waals surface area contributed by atoms with E-state index < -0.39 is 5.54 Å². The molecule has 1 aliphatic carbocycles. The molecule has 1 aliphatic rings. The Morgan fingerprint density at radius 1 is 1.37 bits per heavy atom. The Hall–Kier alpha value is -1.55. The van der Waals surface area contributed by atoms with Crippen LogP contribution in [0, 0.1) is 0 Å². The number of esters is 1. The maximum atomic E-state index is 11.7. The molecule has 2 rings (SSSR count). The van der Waals surface area contributed by atoms with Crippen molar-refractivity contribution in [3.05, 3.63) is 29.3 Å². The number of hydrogen-bond donors (Lipinski definition) is 1. The molecule has 4 heteroatoms. The number of rotatable bonds is 5. The Morgan fingerprint density at radius 2 is 2.11 bits per heavy atom. The minimum Gasteiger partial charge on any atom is -0.491 e. The Labute approximate surface area is 114 Å². The van der Waals surface area contributed by atoms with Gasteiger partial charge in [0.15, 0.2) is 0 Å². The number of benzene rings is 1. The van der Waals surface area contributed by atoms with Crippen molar-refractivity contribution in [2.24, 2.45) is 0 Å². The van der Waals surface area contributed by atoms with Crippen LogP contribution in [0.1, 0.15) is 24.5 Å². The van der Waals surface area contributed by atoms with E-state index in [9.17, 15) is 4.79 Å². The molecule has 1 unspecified atom stereocenters. The van der Waals surface area contributed by atoms with Crippen molar-refractivity contribution in [3.63, 3.8) is 0 Å². The fourth-order valence-corrected chi connectivity index (χ4v) is 2.32. The normalized spacial score (nSPS) is 16.6. The molecule has 0 heterocycles. The standard InChI is InChI=1S/C15H21NO3/c1-15(16-2,14(17)18-3)10-19-13-8-7-11-5-4-6-12(11)9-13/h7-9,16H,4-6,10H2,1-3H3. The first kappa shape index (κ1) is 13.9. The number of methoxy groups -OCH3 is 1. The molecule has 19 heavy (non-hydrogen) atoms. The van der Waals surface area contributed by atoms with Gasteiger partial charge in [0.05, 0.1) is 7.11 Å². The molecule has 0 aromatic heterocycles. The molecule has 0 bridgehead atoms. The van der Waals surface area contributed by atoms with Crippen LogP contribution >= 0.6 is 0 Å². The summed E-state index contributed by atoms with van der Waals surface area (Å²) < 4.78 is 10.5. The Balaban J connectivity index is 2.03. The van der Waals surface area contributed by atoms with Crippen LogP contribution < -0.4 is 10.1 Å². The summed E-state index contributed by atoms with van der Waals surface area (Å²) in [4.78, 5) is 11.7. The van der Waals surface area contributed by atoms with Crippen LogP contribution in [0.25, 0.3) is 0 Å². The molecule has 0 fully saturated rings. The molecular weight excluding hydrogens is 242 g/mol. The fourth-order valence-electron chi connectivity index (χ4n) is 2.32. The van der Waals surface area contributed by atoms with Gasteiger partial charge < -0.3 is 14.8 Å². The van der Waals surface area contributed by atoms with Crippen molar-refractivity contribution in [2.45, 2.75) is 31.7 Å². The first-order chi connectivity index (χ1) is 9.09. The van der Waals surface area contributed by atoms with Crippen LogP contribution in [0.4, 0.5) is 0 Å². The SMILES string of the molecule is CNC(C)(COc1ccc2c(c1)CCC2)C(=O)OC. The monoisotopic (exact) mass is 263 g/mol. The topological polar surface area (TPSA) is 47.6 Å². The van der Waals surface area contributed by atoms with Gasteiger partial charge in [-0.1, -0.05) is 6.07 Å². The lowest BCUT2D eigenvalue weighted by atomic mass is 10.0. The quantitative estimate of drug-likeness (QED) is 0.822. The van der Waals surface area contributed by atoms with Crippen molar-refractivity contribution >= 4 is 5.97 Å².